The molecule has 5 nitrogen and oxygen atoms in total. The van der Waals surface area contributed by atoms with E-state index in [2.05, 4.69) is 12.1 Å². The van der Waals surface area contributed by atoms with Crippen molar-refractivity contribution in [2.45, 2.75) is 30.6 Å². The number of hydrogen-bond acceptors (Lipinski definition) is 4. The standard InChI is InChI=1S/C26H25FN2O3S/c1-16(33(3,30)31)17-9-11-19(12-10-17)21-15-29-24(14-22(21)27)28-25-23(32-2)13-20(26(25)29)18-7-5-4-6-8-18/h4-12,14-16,20,23H,13H2,1-3H3/t16?,20-,23-/m0/s1. The van der Waals surface area contributed by atoms with Crippen molar-refractivity contribution in [3.05, 3.63) is 95.2 Å². The van der Waals surface area contributed by atoms with Crippen LogP contribution >= 0.6 is 0 Å². The van der Waals surface area contributed by atoms with Crippen molar-refractivity contribution in [1.82, 2.24) is 9.38 Å². The second-order valence-electron chi connectivity index (χ2n) is 8.66. The van der Waals surface area contributed by atoms with Gasteiger partial charge in [0.05, 0.1) is 16.6 Å². The third-order valence-electron chi connectivity index (χ3n) is 6.68. The smallest absolute Gasteiger partial charge is 0.154 e. The maximum atomic E-state index is 15.1. The molecule has 0 saturated carbocycles. The molecule has 0 N–H and O–H groups in total. The molecule has 1 aliphatic rings. The molecule has 0 fully saturated rings. The summed E-state index contributed by atoms with van der Waals surface area (Å²) in [6, 6.07) is 18.7. The first-order chi connectivity index (χ1) is 15.8. The molecular weight excluding hydrogens is 439 g/mol. The van der Waals surface area contributed by atoms with Crippen molar-refractivity contribution in [3.63, 3.8) is 0 Å². The van der Waals surface area contributed by atoms with Gasteiger partial charge in [0.2, 0.25) is 0 Å². The van der Waals surface area contributed by atoms with Crippen LogP contribution in [-0.4, -0.2) is 31.2 Å². The summed E-state index contributed by atoms with van der Waals surface area (Å²) < 4.78 is 46.6. The number of halogens is 1. The van der Waals surface area contributed by atoms with Gasteiger partial charge in [-0.05, 0) is 30.0 Å². The largest absolute Gasteiger partial charge is 0.375 e. The SMILES string of the molecule is CO[C@H]1C[C@@H](c2ccccc2)c2c1nc1cc(F)c(-c3ccc(C(C)S(C)(=O)=O)cc3)cn21. The summed E-state index contributed by atoms with van der Waals surface area (Å²) in [5.74, 6) is -0.280. The Hall–Kier alpha value is -3.03. The predicted molar refractivity (Wildman–Crippen MR) is 126 cm³/mol. The number of methoxy groups -OCH3 is 1. The zero-order chi connectivity index (χ0) is 23.3. The first-order valence-electron chi connectivity index (χ1n) is 10.9. The van der Waals surface area contributed by atoms with Gasteiger partial charge in [0.1, 0.15) is 17.6 Å². The first kappa shape index (κ1) is 21.8. The van der Waals surface area contributed by atoms with Gasteiger partial charge < -0.3 is 9.14 Å². The van der Waals surface area contributed by atoms with Gasteiger partial charge in [-0.25, -0.2) is 17.8 Å². The highest BCUT2D eigenvalue weighted by atomic mass is 32.2. The Balaban J connectivity index is 1.62. The minimum Gasteiger partial charge on any atom is -0.375 e. The van der Waals surface area contributed by atoms with Gasteiger partial charge in [0.25, 0.3) is 0 Å². The van der Waals surface area contributed by atoms with Crippen LogP contribution in [0.25, 0.3) is 16.8 Å². The molecule has 4 aromatic rings. The maximum Gasteiger partial charge on any atom is 0.154 e. The summed E-state index contributed by atoms with van der Waals surface area (Å²) in [6.45, 7) is 1.65. The number of pyridine rings is 1. The summed E-state index contributed by atoms with van der Waals surface area (Å²) in [5, 5.41) is -0.617. The lowest BCUT2D eigenvalue weighted by Crippen LogP contribution is -2.07. The molecule has 0 spiro atoms. The average Bonchev–Trinajstić information content (AvgIpc) is 3.34. The molecule has 5 rings (SSSR count). The van der Waals surface area contributed by atoms with Crippen LogP contribution in [0.15, 0.2) is 66.9 Å². The number of benzene rings is 2. The highest BCUT2D eigenvalue weighted by Crippen LogP contribution is 2.46. The number of sulfone groups is 1. The first-order valence-corrected chi connectivity index (χ1v) is 12.8. The van der Waals surface area contributed by atoms with Gasteiger partial charge in [-0.15, -0.1) is 0 Å². The number of aromatic nitrogens is 2. The van der Waals surface area contributed by atoms with Crippen LogP contribution in [0.2, 0.25) is 0 Å². The van der Waals surface area contributed by atoms with Crippen molar-refractivity contribution in [3.8, 4) is 11.1 Å². The zero-order valence-corrected chi connectivity index (χ0v) is 19.5. The van der Waals surface area contributed by atoms with E-state index in [0.717, 1.165) is 17.8 Å². The second-order valence-corrected chi connectivity index (χ2v) is 11.0. The normalized spacial score (nSPS) is 19.0. The molecule has 0 saturated heterocycles. The van der Waals surface area contributed by atoms with Gasteiger partial charge >= 0.3 is 0 Å². The van der Waals surface area contributed by atoms with Gasteiger partial charge in [0.15, 0.2) is 9.84 Å². The van der Waals surface area contributed by atoms with E-state index in [4.69, 9.17) is 9.72 Å². The lowest BCUT2D eigenvalue weighted by Gasteiger charge is -2.15. The monoisotopic (exact) mass is 464 g/mol. The average molecular weight is 465 g/mol. The number of imidazole rings is 1. The van der Waals surface area contributed by atoms with Crippen LogP contribution in [0, 0.1) is 5.82 Å². The van der Waals surface area contributed by atoms with Crippen LogP contribution in [0.1, 0.15) is 53.1 Å². The van der Waals surface area contributed by atoms with Gasteiger partial charge in [-0.1, -0.05) is 54.6 Å². The fraction of sp³-hybridized carbons (Fsp3) is 0.269. The van der Waals surface area contributed by atoms with Crippen molar-refractivity contribution in [1.29, 1.82) is 0 Å². The maximum absolute atomic E-state index is 15.1. The van der Waals surface area contributed by atoms with Crippen molar-refractivity contribution in [2.24, 2.45) is 0 Å². The van der Waals surface area contributed by atoms with Crippen LogP contribution < -0.4 is 0 Å². The third-order valence-corrected chi connectivity index (χ3v) is 8.24. The van der Waals surface area contributed by atoms with E-state index in [1.54, 1.807) is 44.5 Å². The molecule has 170 valence electrons. The topological polar surface area (TPSA) is 60.7 Å². The van der Waals surface area contributed by atoms with Crippen molar-refractivity contribution in [2.75, 3.05) is 13.4 Å². The lowest BCUT2D eigenvalue weighted by molar-refractivity contribution is 0.0995. The lowest BCUT2D eigenvalue weighted by atomic mass is 9.96. The molecule has 2 aromatic carbocycles. The van der Waals surface area contributed by atoms with E-state index in [0.29, 0.717) is 22.3 Å². The predicted octanol–water partition coefficient (Wildman–Crippen LogP) is 5.47. The van der Waals surface area contributed by atoms with Crippen molar-refractivity contribution < 1.29 is 17.5 Å². The molecule has 33 heavy (non-hydrogen) atoms. The summed E-state index contributed by atoms with van der Waals surface area (Å²) in [4.78, 5) is 4.71. The number of fused-ring (bicyclic) bond motifs is 3. The zero-order valence-electron chi connectivity index (χ0n) is 18.7. The van der Waals surface area contributed by atoms with E-state index in [1.807, 2.05) is 22.6 Å². The summed E-state index contributed by atoms with van der Waals surface area (Å²) in [7, 11) is -1.53. The van der Waals surface area contributed by atoms with Crippen molar-refractivity contribution >= 4 is 15.5 Å². The van der Waals surface area contributed by atoms with E-state index < -0.39 is 15.1 Å². The third kappa shape index (κ3) is 3.75. The number of ether oxygens (including phenoxy) is 1. The summed E-state index contributed by atoms with van der Waals surface area (Å²) in [6.07, 6.45) is 3.65. The van der Waals surface area contributed by atoms with Gasteiger partial charge in [-0.2, -0.15) is 0 Å². The highest BCUT2D eigenvalue weighted by Gasteiger charge is 2.37. The molecule has 3 atom stereocenters. The Kier molecular flexibility index (Phi) is 5.34. The Labute approximate surface area is 192 Å². The highest BCUT2D eigenvalue weighted by molar-refractivity contribution is 7.90. The number of hydrogen-bond donors (Lipinski definition) is 0. The molecule has 0 aliphatic heterocycles. The Morgan fingerprint density at radius 1 is 1.12 bits per heavy atom. The van der Waals surface area contributed by atoms with E-state index in [-0.39, 0.29) is 17.8 Å². The molecular formula is C26H25FN2O3S. The fourth-order valence-electron chi connectivity index (χ4n) is 4.70. The molecule has 2 aromatic heterocycles. The fourth-order valence-corrected chi connectivity index (χ4v) is 5.35. The Bertz CT molecular complexity index is 1430. The molecule has 0 amide bonds. The summed E-state index contributed by atoms with van der Waals surface area (Å²) >= 11 is 0. The minimum atomic E-state index is -3.21. The molecule has 0 bridgehead atoms. The minimum absolute atomic E-state index is 0.0949. The second kappa shape index (κ2) is 8.08. The molecule has 7 heteroatoms. The van der Waals surface area contributed by atoms with Crippen LogP contribution in [0.5, 0.6) is 0 Å². The molecule has 2 heterocycles. The molecule has 1 unspecified atom stereocenters. The number of nitrogens with zero attached hydrogens (tertiary/aromatic N) is 2. The molecule has 1 aliphatic carbocycles. The van der Waals surface area contributed by atoms with Crippen LogP contribution in [-0.2, 0) is 14.6 Å². The van der Waals surface area contributed by atoms with E-state index in [9.17, 15) is 8.42 Å². The van der Waals surface area contributed by atoms with E-state index in [1.165, 1.54) is 17.9 Å². The van der Waals surface area contributed by atoms with Gasteiger partial charge in [0, 0.05) is 37.1 Å². The number of rotatable bonds is 5. The van der Waals surface area contributed by atoms with E-state index >= 15 is 4.39 Å². The van der Waals surface area contributed by atoms with Gasteiger partial charge in [-0.3, -0.25) is 0 Å². The van der Waals surface area contributed by atoms with Crippen LogP contribution in [0.4, 0.5) is 4.39 Å². The van der Waals surface area contributed by atoms with Crippen LogP contribution in [0.3, 0.4) is 0 Å². The Morgan fingerprint density at radius 3 is 2.45 bits per heavy atom. The summed E-state index contributed by atoms with van der Waals surface area (Å²) in [5.41, 5.74) is 5.38. The quantitative estimate of drug-likeness (QED) is 0.393. The molecule has 0 radical (unpaired) electrons. The Morgan fingerprint density at radius 2 is 1.82 bits per heavy atom.